The minimum absolute atomic E-state index is 0.0296. The molecular formula is C21H18FN7O4S. The fourth-order valence-electron chi connectivity index (χ4n) is 3.74. The lowest BCUT2D eigenvalue weighted by molar-refractivity contribution is -0.120. The van der Waals surface area contributed by atoms with Crippen molar-refractivity contribution in [3.05, 3.63) is 57.2 Å². The molecule has 174 valence electrons. The average molecular weight is 483 g/mol. The lowest BCUT2D eigenvalue weighted by Gasteiger charge is -2.39. The van der Waals surface area contributed by atoms with Crippen LogP contribution in [-0.2, 0) is 11.8 Å². The van der Waals surface area contributed by atoms with Crippen molar-refractivity contribution in [3.8, 4) is 5.13 Å². The number of aromatic carboxylic acids is 1. The Morgan fingerprint density at radius 2 is 2.06 bits per heavy atom. The van der Waals surface area contributed by atoms with E-state index in [-0.39, 0.29) is 35.8 Å². The van der Waals surface area contributed by atoms with Crippen LogP contribution < -0.4 is 15.6 Å². The van der Waals surface area contributed by atoms with E-state index < -0.39 is 28.7 Å². The summed E-state index contributed by atoms with van der Waals surface area (Å²) in [6.07, 6.45) is 2.66. The summed E-state index contributed by atoms with van der Waals surface area (Å²) in [6.45, 7) is 2.32. The lowest BCUT2D eigenvalue weighted by Crippen LogP contribution is -2.52. The van der Waals surface area contributed by atoms with Crippen LogP contribution >= 0.6 is 11.3 Å². The van der Waals surface area contributed by atoms with Gasteiger partial charge >= 0.3 is 5.97 Å². The largest absolute Gasteiger partial charge is 0.477 e. The fourth-order valence-corrected chi connectivity index (χ4v) is 4.35. The first-order valence-electron chi connectivity index (χ1n) is 10.2. The quantitative estimate of drug-likeness (QED) is 0.439. The van der Waals surface area contributed by atoms with Crippen LogP contribution in [0.5, 0.6) is 0 Å². The van der Waals surface area contributed by atoms with Gasteiger partial charge in [-0.2, -0.15) is 5.10 Å². The molecule has 0 unspecified atom stereocenters. The number of pyridine rings is 2. The number of carboxylic acid groups (broad SMARTS) is 1. The molecule has 1 amide bonds. The number of rotatable bonds is 5. The van der Waals surface area contributed by atoms with Crippen LogP contribution in [0.3, 0.4) is 0 Å². The second-order valence-electron chi connectivity index (χ2n) is 7.91. The molecule has 5 rings (SSSR count). The first kappa shape index (κ1) is 21.7. The predicted molar refractivity (Wildman–Crippen MR) is 122 cm³/mol. The van der Waals surface area contributed by atoms with Gasteiger partial charge in [0.15, 0.2) is 28.2 Å². The Bertz CT molecular complexity index is 1490. The van der Waals surface area contributed by atoms with Crippen molar-refractivity contribution in [1.82, 2.24) is 24.3 Å². The standard InChI is InChI=1S/C21H18FN7O4S/c1-10-5-15(26-27(10)2)24-19(31)11-7-28(8-11)18-14(22)6-12-16(30)13(20(32)33)9-29(17(12)25-18)21-23-3-4-34-21/h3-6,9,11H,7-8H2,1-2H3,(H,32,33)(H,24,26,31). The summed E-state index contributed by atoms with van der Waals surface area (Å²) in [5.74, 6) is -2.42. The van der Waals surface area contributed by atoms with Gasteiger partial charge in [0.25, 0.3) is 0 Å². The molecule has 34 heavy (non-hydrogen) atoms. The van der Waals surface area contributed by atoms with Crippen molar-refractivity contribution in [2.45, 2.75) is 6.92 Å². The van der Waals surface area contributed by atoms with Gasteiger partial charge in [-0.1, -0.05) is 0 Å². The van der Waals surface area contributed by atoms with E-state index in [1.807, 2.05) is 6.92 Å². The Morgan fingerprint density at radius 1 is 1.29 bits per heavy atom. The number of fused-ring (bicyclic) bond motifs is 1. The second-order valence-corrected chi connectivity index (χ2v) is 8.79. The number of nitrogens with one attached hydrogen (secondary N) is 1. The van der Waals surface area contributed by atoms with Gasteiger partial charge in [0.2, 0.25) is 11.3 Å². The van der Waals surface area contributed by atoms with Crippen LogP contribution in [0.1, 0.15) is 16.1 Å². The third kappa shape index (κ3) is 3.59. The zero-order valence-electron chi connectivity index (χ0n) is 18.0. The first-order chi connectivity index (χ1) is 16.2. The van der Waals surface area contributed by atoms with Gasteiger partial charge in [-0.05, 0) is 13.0 Å². The maximum Gasteiger partial charge on any atom is 0.341 e. The Balaban J connectivity index is 1.46. The van der Waals surface area contributed by atoms with E-state index in [0.717, 1.165) is 18.0 Å². The van der Waals surface area contributed by atoms with Crippen LogP contribution in [0.4, 0.5) is 16.0 Å². The molecule has 0 atom stereocenters. The normalized spacial score (nSPS) is 13.8. The fraction of sp³-hybridized carbons (Fsp3) is 0.238. The van der Waals surface area contributed by atoms with E-state index in [2.05, 4.69) is 20.4 Å². The van der Waals surface area contributed by atoms with Crippen molar-refractivity contribution < 1.29 is 19.1 Å². The van der Waals surface area contributed by atoms with Crippen LogP contribution in [0.25, 0.3) is 16.2 Å². The van der Waals surface area contributed by atoms with E-state index in [4.69, 9.17) is 0 Å². The van der Waals surface area contributed by atoms with Gasteiger partial charge < -0.3 is 15.3 Å². The van der Waals surface area contributed by atoms with Crippen LogP contribution in [0, 0.1) is 18.7 Å². The minimum atomic E-state index is -1.43. The van der Waals surface area contributed by atoms with E-state index >= 15 is 0 Å². The highest BCUT2D eigenvalue weighted by molar-refractivity contribution is 7.12. The maximum absolute atomic E-state index is 15.0. The molecule has 0 radical (unpaired) electrons. The molecule has 4 aromatic rings. The van der Waals surface area contributed by atoms with Gasteiger partial charge in [0, 0.05) is 49.7 Å². The van der Waals surface area contributed by atoms with Gasteiger partial charge in [-0.15, -0.1) is 11.3 Å². The van der Waals surface area contributed by atoms with Gasteiger partial charge in [0.05, 0.1) is 11.3 Å². The molecule has 1 fully saturated rings. The van der Waals surface area contributed by atoms with E-state index in [1.54, 1.807) is 28.1 Å². The first-order valence-corrected chi connectivity index (χ1v) is 11.1. The predicted octanol–water partition coefficient (Wildman–Crippen LogP) is 1.80. The van der Waals surface area contributed by atoms with Crippen molar-refractivity contribution >= 4 is 45.9 Å². The molecule has 0 saturated carbocycles. The van der Waals surface area contributed by atoms with Crippen LogP contribution in [0.15, 0.2) is 34.7 Å². The summed E-state index contributed by atoms with van der Waals surface area (Å²) in [6, 6.07) is 2.74. The highest BCUT2D eigenvalue weighted by Gasteiger charge is 2.36. The van der Waals surface area contributed by atoms with E-state index in [9.17, 15) is 23.9 Å². The maximum atomic E-state index is 15.0. The van der Waals surface area contributed by atoms with Crippen LogP contribution in [0.2, 0.25) is 0 Å². The third-order valence-corrected chi connectivity index (χ3v) is 6.46. The molecule has 0 bridgehead atoms. The molecule has 1 aliphatic heterocycles. The molecule has 4 aromatic heterocycles. The zero-order chi connectivity index (χ0) is 24.1. The average Bonchev–Trinajstić information content (AvgIpc) is 3.38. The highest BCUT2D eigenvalue weighted by atomic mass is 32.1. The number of nitrogens with zero attached hydrogens (tertiary/aromatic N) is 6. The summed E-state index contributed by atoms with van der Waals surface area (Å²) in [4.78, 5) is 46.8. The van der Waals surface area contributed by atoms with E-state index in [1.165, 1.54) is 22.1 Å². The number of amides is 1. The number of hydrogen-bond donors (Lipinski definition) is 2. The number of aromatic nitrogens is 5. The van der Waals surface area contributed by atoms with Gasteiger partial charge in [-0.3, -0.25) is 18.8 Å². The molecular weight excluding hydrogens is 465 g/mol. The minimum Gasteiger partial charge on any atom is -0.477 e. The smallest absolute Gasteiger partial charge is 0.341 e. The number of hydrogen-bond acceptors (Lipinski definition) is 8. The summed E-state index contributed by atoms with van der Waals surface area (Å²) >= 11 is 1.21. The molecule has 5 heterocycles. The summed E-state index contributed by atoms with van der Waals surface area (Å²) in [7, 11) is 1.77. The SMILES string of the molecule is Cc1cc(NC(=O)C2CN(c3nc4c(cc3F)c(=O)c(C(=O)O)cn4-c3nccs3)C2)nn1C. The molecule has 0 spiro atoms. The Hall–Kier alpha value is -4.13. The van der Waals surface area contributed by atoms with Crippen LogP contribution in [-0.4, -0.2) is 54.4 Å². The number of carboxylic acids is 1. The molecule has 0 aromatic carbocycles. The Labute approximate surface area is 195 Å². The Kier molecular flexibility index (Phi) is 5.12. The van der Waals surface area contributed by atoms with Crippen molar-refractivity contribution in [1.29, 1.82) is 0 Å². The third-order valence-electron chi connectivity index (χ3n) is 5.69. The summed E-state index contributed by atoms with van der Waals surface area (Å²) in [5, 5.41) is 18.3. The van der Waals surface area contributed by atoms with Gasteiger partial charge in [0.1, 0.15) is 5.56 Å². The zero-order valence-corrected chi connectivity index (χ0v) is 18.8. The topological polar surface area (TPSA) is 135 Å². The molecule has 1 saturated heterocycles. The second kappa shape index (κ2) is 8.02. The highest BCUT2D eigenvalue weighted by Crippen LogP contribution is 2.29. The number of carbonyl (C=O) groups is 2. The molecule has 11 nitrogen and oxygen atoms in total. The number of carbonyl (C=O) groups excluding carboxylic acids is 1. The van der Waals surface area contributed by atoms with E-state index in [0.29, 0.717) is 10.9 Å². The van der Waals surface area contributed by atoms with Crippen molar-refractivity contribution in [2.75, 3.05) is 23.3 Å². The lowest BCUT2D eigenvalue weighted by atomic mass is 9.99. The summed E-state index contributed by atoms with van der Waals surface area (Å²) in [5.41, 5.74) is -0.370. The number of thiazole rings is 1. The molecule has 2 N–H and O–H groups in total. The summed E-state index contributed by atoms with van der Waals surface area (Å²) < 4.78 is 18.0. The number of anilines is 2. The molecule has 13 heteroatoms. The van der Waals surface area contributed by atoms with Crippen molar-refractivity contribution in [3.63, 3.8) is 0 Å². The van der Waals surface area contributed by atoms with Gasteiger partial charge in [-0.25, -0.2) is 19.2 Å². The molecule has 1 aliphatic rings. The monoisotopic (exact) mass is 483 g/mol. The number of halogens is 1. The molecule has 0 aliphatic carbocycles. The Morgan fingerprint density at radius 3 is 2.68 bits per heavy atom. The van der Waals surface area contributed by atoms with Crippen molar-refractivity contribution in [2.24, 2.45) is 13.0 Å². The number of aryl methyl sites for hydroxylation is 2.